The van der Waals surface area contributed by atoms with Gasteiger partial charge in [0.2, 0.25) is 5.91 Å². The Labute approximate surface area is 90.1 Å². The first-order valence-corrected chi connectivity index (χ1v) is 5.02. The number of urea groups is 1. The standard InChI is InChI=1S/C10H19N3O2/c1-3-8(2)13-9(14)6-4-5-7-12-10(11)15/h3H,4-7H2,1-2H3,(H,13,14)(H3,11,12,15)/b8-3+. The molecule has 0 heterocycles. The van der Waals surface area contributed by atoms with Gasteiger partial charge < -0.3 is 16.4 Å². The number of hydrogen-bond acceptors (Lipinski definition) is 2. The van der Waals surface area contributed by atoms with Gasteiger partial charge in [-0.1, -0.05) is 6.08 Å². The van der Waals surface area contributed by atoms with Crippen molar-refractivity contribution in [1.82, 2.24) is 10.6 Å². The molecule has 0 rings (SSSR count). The van der Waals surface area contributed by atoms with E-state index in [2.05, 4.69) is 10.6 Å². The zero-order valence-electron chi connectivity index (χ0n) is 9.30. The number of rotatable bonds is 6. The summed E-state index contributed by atoms with van der Waals surface area (Å²) >= 11 is 0. The summed E-state index contributed by atoms with van der Waals surface area (Å²) in [7, 11) is 0. The van der Waals surface area contributed by atoms with Gasteiger partial charge in [0.25, 0.3) is 0 Å². The van der Waals surface area contributed by atoms with E-state index in [1.54, 1.807) is 0 Å². The zero-order valence-corrected chi connectivity index (χ0v) is 9.30. The highest BCUT2D eigenvalue weighted by Crippen LogP contribution is 1.95. The van der Waals surface area contributed by atoms with Crippen molar-refractivity contribution in [1.29, 1.82) is 0 Å². The van der Waals surface area contributed by atoms with Gasteiger partial charge in [0, 0.05) is 18.7 Å². The fraction of sp³-hybridized carbons (Fsp3) is 0.600. The van der Waals surface area contributed by atoms with Crippen LogP contribution < -0.4 is 16.4 Å². The third-order valence-electron chi connectivity index (χ3n) is 1.90. The van der Waals surface area contributed by atoms with Crippen molar-refractivity contribution >= 4 is 11.9 Å². The predicted octanol–water partition coefficient (Wildman–Crippen LogP) is 0.865. The molecule has 5 nitrogen and oxygen atoms in total. The van der Waals surface area contributed by atoms with Gasteiger partial charge in [0.15, 0.2) is 0 Å². The molecule has 86 valence electrons. The number of nitrogens with two attached hydrogens (primary N) is 1. The fourth-order valence-corrected chi connectivity index (χ4v) is 0.977. The van der Waals surface area contributed by atoms with Gasteiger partial charge in [-0.15, -0.1) is 0 Å². The van der Waals surface area contributed by atoms with Crippen molar-refractivity contribution < 1.29 is 9.59 Å². The number of unbranched alkanes of at least 4 members (excludes halogenated alkanes) is 1. The highest BCUT2D eigenvalue weighted by Gasteiger charge is 2.00. The number of hydrogen-bond donors (Lipinski definition) is 3. The second kappa shape index (κ2) is 7.84. The minimum Gasteiger partial charge on any atom is -0.352 e. The highest BCUT2D eigenvalue weighted by atomic mass is 16.2. The summed E-state index contributed by atoms with van der Waals surface area (Å²) in [6, 6.07) is -0.524. The molecule has 4 N–H and O–H groups in total. The lowest BCUT2D eigenvalue weighted by atomic mass is 10.2. The molecule has 0 aromatic carbocycles. The second-order valence-corrected chi connectivity index (χ2v) is 3.27. The van der Waals surface area contributed by atoms with Crippen molar-refractivity contribution in [2.24, 2.45) is 5.73 Å². The van der Waals surface area contributed by atoms with Gasteiger partial charge in [-0.3, -0.25) is 4.79 Å². The Bertz CT molecular complexity index is 249. The monoisotopic (exact) mass is 213 g/mol. The first-order valence-electron chi connectivity index (χ1n) is 5.02. The molecule has 0 spiro atoms. The van der Waals surface area contributed by atoms with Crippen molar-refractivity contribution in [2.45, 2.75) is 33.1 Å². The lowest BCUT2D eigenvalue weighted by molar-refractivity contribution is -0.120. The minimum absolute atomic E-state index is 0.00433. The number of primary amides is 1. The largest absolute Gasteiger partial charge is 0.352 e. The van der Waals surface area contributed by atoms with Crippen molar-refractivity contribution in [3.8, 4) is 0 Å². The van der Waals surface area contributed by atoms with Gasteiger partial charge in [-0.25, -0.2) is 4.79 Å². The summed E-state index contributed by atoms with van der Waals surface area (Å²) in [5.41, 5.74) is 5.74. The quantitative estimate of drug-likeness (QED) is 0.572. The molecule has 0 aromatic rings. The van der Waals surface area contributed by atoms with Crippen LogP contribution >= 0.6 is 0 Å². The summed E-state index contributed by atoms with van der Waals surface area (Å²) in [4.78, 5) is 21.6. The molecule has 5 heteroatoms. The van der Waals surface area contributed by atoms with Crippen molar-refractivity contribution in [3.63, 3.8) is 0 Å². The van der Waals surface area contributed by atoms with Crippen LogP contribution in [0.15, 0.2) is 11.8 Å². The second-order valence-electron chi connectivity index (χ2n) is 3.27. The van der Waals surface area contributed by atoms with E-state index < -0.39 is 6.03 Å². The molecule has 3 amide bonds. The van der Waals surface area contributed by atoms with E-state index in [1.807, 2.05) is 19.9 Å². The Kier molecular flexibility index (Phi) is 7.05. The molecule has 0 saturated carbocycles. The van der Waals surface area contributed by atoms with Crippen LogP contribution in [-0.2, 0) is 4.79 Å². The van der Waals surface area contributed by atoms with Gasteiger partial charge in [-0.2, -0.15) is 0 Å². The van der Waals surface area contributed by atoms with Gasteiger partial charge in [0.05, 0.1) is 0 Å². The van der Waals surface area contributed by atoms with E-state index in [1.165, 1.54) is 0 Å². The van der Waals surface area contributed by atoms with Crippen LogP contribution in [0.25, 0.3) is 0 Å². The average molecular weight is 213 g/mol. The summed E-state index contributed by atoms with van der Waals surface area (Å²) in [5.74, 6) is 0.00433. The molecule has 0 fully saturated rings. The molecule has 0 aliphatic heterocycles. The van der Waals surface area contributed by atoms with E-state index in [-0.39, 0.29) is 5.91 Å². The molecular weight excluding hydrogens is 194 g/mol. The van der Waals surface area contributed by atoms with Crippen molar-refractivity contribution in [2.75, 3.05) is 6.54 Å². The van der Waals surface area contributed by atoms with Crippen molar-refractivity contribution in [3.05, 3.63) is 11.8 Å². The molecule has 0 saturated heterocycles. The summed E-state index contributed by atoms with van der Waals surface area (Å²) in [5, 5.41) is 5.21. The van der Waals surface area contributed by atoms with Crippen LogP contribution in [0.5, 0.6) is 0 Å². The molecule has 0 atom stereocenters. The third-order valence-corrected chi connectivity index (χ3v) is 1.90. The smallest absolute Gasteiger partial charge is 0.312 e. The van der Waals surface area contributed by atoms with E-state index in [0.717, 1.165) is 18.5 Å². The van der Waals surface area contributed by atoms with E-state index in [4.69, 9.17) is 5.73 Å². The Hall–Kier alpha value is -1.52. The van der Waals surface area contributed by atoms with Crippen LogP contribution in [0.3, 0.4) is 0 Å². The number of carbonyl (C=O) groups excluding carboxylic acids is 2. The molecular formula is C10H19N3O2. The fourth-order valence-electron chi connectivity index (χ4n) is 0.977. The lowest BCUT2D eigenvalue weighted by Gasteiger charge is -2.04. The highest BCUT2D eigenvalue weighted by molar-refractivity contribution is 5.77. The molecule has 15 heavy (non-hydrogen) atoms. The van der Waals surface area contributed by atoms with Crippen LogP contribution in [0.1, 0.15) is 33.1 Å². The molecule has 0 aliphatic carbocycles. The molecule has 0 aliphatic rings. The maximum Gasteiger partial charge on any atom is 0.312 e. The molecule has 0 bridgehead atoms. The molecule has 0 radical (unpaired) electrons. The zero-order chi connectivity index (χ0) is 11.7. The van der Waals surface area contributed by atoms with Crippen LogP contribution in [-0.4, -0.2) is 18.5 Å². The Morgan fingerprint density at radius 2 is 2.00 bits per heavy atom. The van der Waals surface area contributed by atoms with E-state index in [0.29, 0.717) is 13.0 Å². The van der Waals surface area contributed by atoms with E-state index in [9.17, 15) is 9.59 Å². The Morgan fingerprint density at radius 1 is 1.33 bits per heavy atom. The lowest BCUT2D eigenvalue weighted by Crippen LogP contribution is -2.30. The Balaban J connectivity index is 3.43. The van der Waals surface area contributed by atoms with Crippen LogP contribution in [0.2, 0.25) is 0 Å². The number of allylic oxidation sites excluding steroid dienone is 2. The van der Waals surface area contributed by atoms with E-state index >= 15 is 0 Å². The SMILES string of the molecule is C/C=C(\C)NC(=O)CCCCNC(N)=O. The topological polar surface area (TPSA) is 84.2 Å². The number of carbonyl (C=O) groups is 2. The Morgan fingerprint density at radius 3 is 2.53 bits per heavy atom. The molecule has 0 unspecified atom stereocenters. The third kappa shape index (κ3) is 8.80. The van der Waals surface area contributed by atoms with Gasteiger partial charge in [0.1, 0.15) is 0 Å². The molecule has 0 aromatic heterocycles. The minimum atomic E-state index is -0.524. The first kappa shape index (κ1) is 13.5. The number of nitrogens with one attached hydrogen (secondary N) is 2. The van der Waals surface area contributed by atoms with Gasteiger partial charge >= 0.3 is 6.03 Å². The predicted molar refractivity (Wildman–Crippen MR) is 59.0 cm³/mol. The average Bonchev–Trinajstić information content (AvgIpc) is 2.16. The first-order chi connectivity index (χ1) is 7.06. The summed E-state index contributed by atoms with van der Waals surface area (Å²) in [6.07, 6.45) is 3.80. The van der Waals surface area contributed by atoms with Crippen LogP contribution in [0, 0.1) is 0 Å². The van der Waals surface area contributed by atoms with Crippen LogP contribution in [0.4, 0.5) is 4.79 Å². The number of amides is 3. The summed E-state index contributed by atoms with van der Waals surface area (Å²) in [6.45, 7) is 4.23. The van der Waals surface area contributed by atoms with Gasteiger partial charge in [-0.05, 0) is 26.7 Å². The maximum absolute atomic E-state index is 11.2. The summed E-state index contributed by atoms with van der Waals surface area (Å²) < 4.78 is 0. The normalized spacial score (nSPS) is 10.9. The maximum atomic E-state index is 11.2.